The third-order valence-corrected chi connectivity index (χ3v) is 5.07. The van der Waals surface area contributed by atoms with Gasteiger partial charge >= 0.3 is 0 Å². The maximum absolute atomic E-state index is 10.5. The summed E-state index contributed by atoms with van der Waals surface area (Å²) >= 11 is 0. The van der Waals surface area contributed by atoms with Crippen LogP contribution in [-0.2, 0) is 24.3 Å². The Labute approximate surface area is 173 Å². The highest BCUT2D eigenvalue weighted by Gasteiger charge is 2.05. The number of unbranched alkanes of at least 4 members (excludes halogenated alkanes) is 12. The number of ether oxygens (including phenoxy) is 3. The minimum atomic E-state index is -4.06. The van der Waals surface area contributed by atoms with Crippen LogP contribution in [0.1, 0.15) is 97.3 Å². The Balaban J connectivity index is 3.19. The molecule has 0 aliphatic heterocycles. The van der Waals surface area contributed by atoms with Crippen LogP contribution in [0.5, 0.6) is 0 Å². The van der Waals surface area contributed by atoms with E-state index in [1.54, 1.807) is 0 Å². The molecule has 0 bridgehead atoms. The molecule has 0 aromatic rings. The van der Waals surface area contributed by atoms with Crippen molar-refractivity contribution in [2.24, 2.45) is 0 Å². The summed E-state index contributed by atoms with van der Waals surface area (Å²) < 4.78 is 45.2. The summed E-state index contributed by atoms with van der Waals surface area (Å²) in [6.07, 6.45) is 17.4. The molecule has 1 atom stereocenters. The molecule has 0 saturated heterocycles. The van der Waals surface area contributed by atoms with Gasteiger partial charge < -0.3 is 14.2 Å². The largest absolute Gasteiger partial charge is 0.376 e. The van der Waals surface area contributed by atoms with Gasteiger partial charge in [0.1, 0.15) is 0 Å². The highest BCUT2D eigenvalue weighted by Crippen LogP contribution is 2.12. The van der Waals surface area contributed by atoms with Gasteiger partial charge in [0.05, 0.1) is 25.9 Å². The molecule has 170 valence electrons. The lowest BCUT2D eigenvalue weighted by Crippen LogP contribution is -2.19. The monoisotopic (exact) mass is 424 g/mol. The first-order chi connectivity index (χ1) is 13.5. The number of hydrogen-bond donors (Lipinski definition) is 1. The van der Waals surface area contributed by atoms with Gasteiger partial charge in [0.25, 0.3) is 10.1 Å². The summed E-state index contributed by atoms with van der Waals surface area (Å²) in [6.45, 7) is 5.84. The summed E-state index contributed by atoms with van der Waals surface area (Å²) in [5.74, 6) is -0.693. The highest BCUT2D eigenvalue weighted by molar-refractivity contribution is 7.85. The summed E-state index contributed by atoms with van der Waals surface area (Å²) in [7, 11) is -4.06. The molecule has 1 N–H and O–H groups in total. The highest BCUT2D eigenvalue weighted by atomic mass is 32.2. The molecular formula is C21H44O6S. The van der Waals surface area contributed by atoms with E-state index in [1.807, 2.05) is 6.92 Å². The molecular weight excluding hydrogens is 380 g/mol. The number of rotatable bonds is 22. The Kier molecular flexibility index (Phi) is 19.9. The SMILES string of the molecule is CCCCCCCCCCCCCCCOC(C)COCCOCS(=O)(=O)O. The van der Waals surface area contributed by atoms with Crippen LogP contribution in [0.25, 0.3) is 0 Å². The van der Waals surface area contributed by atoms with Crippen molar-refractivity contribution in [1.29, 1.82) is 0 Å². The molecule has 0 heterocycles. The van der Waals surface area contributed by atoms with Crippen molar-refractivity contribution in [2.75, 3.05) is 32.4 Å². The van der Waals surface area contributed by atoms with E-state index >= 15 is 0 Å². The molecule has 0 aliphatic carbocycles. The normalized spacial score (nSPS) is 13.1. The lowest BCUT2D eigenvalue weighted by molar-refractivity contribution is -0.0211. The van der Waals surface area contributed by atoms with E-state index in [2.05, 4.69) is 6.92 Å². The van der Waals surface area contributed by atoms with Crippen LogP contribution in [0.3, 0.4) is 0 Å². The van der Waals surface area contributed by atoms with Crippen molar-refractivity contribution in [2.45, 2.75) is 103 Å². The van der Waals surface area contributed by atoms with Crippen LogP contribution in [0.2, 0.25) is 0 Å². The Morgan fingerprint density at radius 3 is 1.68 bits per heavy atom. The molecule has 0 aromatic heterocycles. The van der Waals surface area contributed by atoms with Crippen molar-refractivity contribution in [3.05, 3.63) is 0 Å². The third kappa shape index (κ3) is 23.8. The maximum atomic E-state index is 10.5. The second-order valence-electron chi connectivity index (χ2n) is 7.61. The summed E-state index contributed by atoms with van der Waals surface area (Å²) in [4.78, 5) is 0. The zero-order valence-electron chi connectivity index (χ0n) is 18.2. The second-order valence-corrected chi connectivity index (χ2v) is 9.01. The topological polar surface area (TPSA) is 82.1 Å². The molecule has 0 radical (unpaired) electrons. The van der Waals surface area contributed by atoms with Crippen molar-refractivity contribution in [3.63, 3.8) is 0 Å². The molecule has 0 aliphatic rings. The van der Waals surface area contributed by atoms with Crippen molar-refractivity contribution < 1.29 is 27.2 Å². The molecule has 0 spiro atoms. The van der Waals surface area contributed by atoms with Gasteiger partial charge in [-0.3, -0.25) is 4.55 Å². The van der Waals surface area contributed by atoms with Crippen LogP contribution in [0.15, 0.2) is 0 Å². The zero-order chi connectivity index (χ0) is 20.9. The van der Waals surface area contributed by atoms with Gasteiger partial charge in [0, 0.05) is 6.61 Å². The van der Waals surface area contributed by atoms with E-state index < -0.39 is 16.1 Å². The van der Waals surface area contributed by atoms with Crippen LogP contribution in [-0.4, -0.2) is 51.4 Å². The van der Waals surface area contributed by atoms with Gasteiger partial charge in [-0.2, -0.15) is 8.42 Å². The molecule has 0 saturated carbocycles. The van der Waals surface area contributed by atoms with E-state index in [4.69, 9.17) is 18.8 Å². The van der Waals surface area contributed by atoms with Gasteiger partial charge in [-0.1, -0.05) is 84.0 Å². The molecule has 0 fully saturated rings. The predicted molar refractivity (Wildman–Crippen MR) is 114 cm³/mol. The first-order valence-electron chi connectivity index (χ1n) is 11.2. The quantitative estimate of drug-likeness (QED) is 0.186. The van der Waals surface area contributed by atoms with Crippen molar-refractivity contribution in [1.82, 2.24) is 0 Å². The first-order valence-corrected chi connectivity index (χ1v) is 12.8. The van der Waals surface area contributed by atoms with Gasteiger partial charge in [-0.05, 0) is 13.3 Å². The van der Waals surface area contributed by atoms with E-state index in [0.717, 1.165) is 13.0 Å². The Morgan fingerprint density at radius 2 is 1.18 bits per heavy atom. The minimum Gasteiger partial charge on any atom is -0.376 e. The fourth-order valence-electron chi connectivity index (χ4n) is 2.98. The molecule has 7 heteroatoms. The molecule has 0 rings (SSSR count). The molecule has 0 amide bonds. The average Bonchev–Trinajstić information content (AvgIpc) is 2.64. The van der Waals surface area contributed by atoms with Crippen molar-refractivity contribution in [3.8, 4) is 0 Å². The molecule has 1 unspecified atom stereocenters. The first kappa shape index (κ1) is 27.8. The third-order valence-electron chi connectivity index (χ3n) is 4.61. The standard InChI is InChI=1S/C21H44O6S/c1-3-4-5-6-7-8-9-10-11-12-13-14-15-16-27-21(2)19-25-17-18-26-20-28(22,23)24/h21H,3-20H2,1-2H3,(H,22,23,24). The van der Waals surface area contributed by atoms with E-state index in [1.165, 1.54) is 77.0 Å². The van der Waals surface area contributed by atoms with Gasteiger partial charge in [0.2, 0.25) is 0 Å². The predicted octanol–water partition coefficient (Wildman–Crippen LogP) is 5.36. The minimum absolute atomic E-state index is 0.0129. The Bertz CT molecular complexity index is 413. The van der Waals surface area contributed by atoms with Crippen LogP contribution < -0.4 is 0 Å². The fourth-order valence-corrected chi connectivity index (χ4v) is 3.31. The van der Waals surface area contributed by atoms with Crippen LogP contribution in [0, 0.1) is 0 Å². The van der Waals surface area contributed by atoms with E-state index in [9.17, 15) is 8.42 Å². The van der Waals surface area contributed by atoms with Gasteiger partial charge in [0.15, 0.2) is 5.94 Å². The summed E-state index contributed by atoms with van der Waals surface area (Å²) in [6, 6.07) is 0. The molecule has 0 aromatic carbocycles. The molecule has 6 nitrogen and oxygen atoms in total. The lowest BCUT2D eigenvalue weighted by Gasteiger charge is -2.13. The lowest BCUT2D eigenvalue weighted by atomic mass is 10.0. The average molecular weight is 425 g/mol. The smallest absolute Gasteiger partial charge is 0.289 e. The van der Waals surface area contributed by atoms with Crippen LogP contribution in [0.4, 0.5) is 0 Å². The second kappa shape index (κ2) is 20.1. The Hall–Kier alpha value is -0.210. The zero-order valence-corrected chi connectivity index (χ0v) is 19.0. The van der Waals surface area contributed by atoms with E-state index in [-0.39, 0.29) is 19.3 Å². The number of hydrogen-bond acceptors (Lipinski definition) is 5. The Morgan fingerprint density at radius 1 is 0.714 bits per heavy atom. The van der Waals surface area contributed by atoms with Gasteiger partial charge in [-0.25, -0.2) is 0 Å². The van der Waals surface area contributed by atoms with Crippen LogP contribution >= 0.6 is 0 Å². The fraction of sp³-hybridized carbons (Fsp3) is 1.00. The maximum Gasteiger partial charge on any atom is 0.289 e. The summed E-state index contributed by atoms with van der Waals surface area (Å²) in [5.41, 5.74) is 0. The van der Waals surface area contributed by atoms with E-state index in [0.29, 0.717) is 6.61 Å². The molecule has 28 heavy (non-hydrogen) atoms. The summed E-state index contributed by atoms with van der Waals surface area (Å²) in [5, 5.41) is 0. The van der Waals surface area contributed by atoms with Crippen molar-refractivity contribution >= 4 is 10.1 Å². The van der Waals surface area contributed by atoms with Gasteiger partial charge in [-0.15, -0.1) is 0 Å².